The van der Waals surface area contributed by atoms with Crippen molar-refractivity contribution in [2.24, 2.45) is 0 Å². The van der Waals surface area contributed by atoms with E-state index in [1.54, 1.807) is 12.4 Å². The van der Waals surface area contributed by atoms with E-state index in [0.717, 1.165) is 25.0 Å². The number of aromatic nitrogens is 2. The van der Waals surface area contributed by atoms with E-state index in [0.29, 0.717) is 38.0 Å². The Morgan fingerprint density at radius 2 is 1.20 bits per heavy atom. The summed E-state index contributed by atoms with van der Waals surface area (Å²) in [5.74, 6) is 1.32. The lowest BCUT2D eigenvalue weighted by Crippen LogP contribution is -2.11. The third kappa shape index (κ3) is 6.94. The van der Waals surface area contributed by atoms with Gasteiger partial charge in [0.05, 0.1) is 32.2 Å². The SMILES string of the molecule is CCCCOCCOCCOc1cnc(-c2ccc(-c3ccc(C)cc3)cc2)nc1. The lowest BCUT2D eigenvalue weighted by atomic mass is 10.0. The molecule has 30 heavy (non-hydrogen) atoms. The molecular formula is C25H30N2O3. The van der Waals surface area contributed by atoms with Gasteiger partial charge >= 0.3 is 0 Å². The van der Waals surface area contributed by atoms with E-state index in [1.807, 2.05) is 12.1 Å². The van der Waals surface area contributed by atoms with Crippen molar-refractivity contribution in [2.75, 3.05) is 33.0 Å². The molecule has 0 bridgehead atoms. The second-order valence-electron chi connectivity index (χ2n) is 7.11. The largest absolute Gasteiger partial charge is 0.488 e. The average Bonchev–Trinajstić information content (AvgIpc) is 2.79. The van der Waals surface area contributed by atoms with E-state index < -0.39 is 0 Å². The molecule has 0 aliphatic carbocycles. The van der Waals surface area contributed by atoms with Gasteiger partial charge in [-0.3, -0.25) is 0 Å². The molecule has 0 saturated carbocycles. The minimum Gasteiger partial charge on any atom is -0.488 e. The molecule has 0 radical (unpaired) electrons. The summed E-state index contributed by atoms with van der Waals surface area (Å²) in [6.07, 6.45) is 5.64. The zero-order valence-corrected chi connectivity index (χ0v) is 17.8. The van der Waals surface area contributed by atoms with Crippen LogP contribution in [0, 0.1) is 6.92 Å². The van der Waals surface area contributed by atoms with Gasteiger partial charge in [-0.2, -0.15) is 0 Å². The Kier molecular flexibility index (Phi) is 8.81. The maximum absolute atomic E-state index is 5.64. The first-order chi connectivity index (χ1) is 14.8. The summed E-state index contributed by atoms with van der Waals surface area (Å²) >= 11 is 0. The Balaban J connectivity index is 1.42. The maximum atomic E-state index is 5.64. The van der Waals surface area contributed by atoms with E-state index >= 15 is 0 Å². The number of nitrogens with zero attached hydrogens (tertiary/aromatic N) is 2. The normalized spacial score (nSPS) is 10.9. The van der Waals surface area contributed by atoms with Crippen molar-refractivity contribution in [1.82, 2.24) is 9.97 Å². The van der Waals surface area contributed by atoms with Crippen LogP contribution >= 0.6 is 0 Å². The molecule has 5 heteroatoms. The van der Waals surface area contributed by atoms with Crippen LogP contribution in [-0.4, -0.2) is 43.0 Å². The van der Waals surface area contributed by atoms with Crippen molar-refractivity contribution in [3.8, 4) is 28.3 Å². The molecule has 5 nitrogen and oxygen atoms in total. The molecule has 0 atom stereocenters. The van der Waals surface area contributed by atoms with Gasteiger partial charge in [-0.25, -0.2) is 9.97 Å². The molecule has 0 aliphatic rings. The van der Waals surface area contributed by atoms with Crippen molar-refractivity contribution < 1.29 is 14.2 Å². The Bertz CT molecular complexity index is 862. The number of hydrogen-bond acceptors (Lipinski definition) is 5. The lowest BCUT2D eigenvalue weighted by Gasteiger charge is -2.08. The van der Waals surface area contributed by atoms with Crippen LogP contribution in [0.2, 0.25) is 0 Å². The highest BCUT2D eigenvalue weighted by Crippen LogP contribution is 2.23. The first-order valence-electron chi connectivity index (χ1n) is 10.5. The molecule has 1 heterocycles. The first kappa shape index (κ1) is 21.9. The number of rotatable bonds is 12. The summed E-state index contributed by atoms with van der Waals surface area (Å²) in [5, 5.41) is 0. The number of unbranched alkanes of at least 4 members (excludes halogenated alkanes) is 1. The van der Waals surface area contributed by atoms with Gasteiger partial charge in [0.25, 0.3) is 0 Å². The maximum Gasteiger partial charge on any atom is 0.159 e. The molecule has 0 amide bonds. The van der Waals surface area contributed by atoms with Crippen LogP contribution < -0.4 is 4.74 Å². The van der Waals surface area contributed by atoms with E-state index in [9.17, 15) is 0 Å². The second kappa shape index (κ2) is 12.1. The van der Waals surface area contributed by atoms with Crippen LogP contribution in [-0.2, 0) is 9.47 Å². The van der Waals surface area contributed by atoms with E-state index in [-0.39, 0.29) is 0 Å². The van der Waals surface area contributed by atoms with Crippen LogP contribution in [0.1, 0.15) is 25.3 Å². The van der Waals surface area contributed by atoms with Gasteiger partial charge in [-0.15, -0.1) is 0 Å². The van der Waals surface area contributed by atoms with Crippen molar-refractivity contribution >= 4 is 0 Å². The summed E-state index contributed by atoms with van der Waals surface area (Å²) < 4.78 is 16.6. The Morgan fingerprint density at radius 1 is 0.667 bits per heavy atom. The van der Waals surface area contributed by atoms with E-state index in [4.69, 9.17) is 14.2 Å². The van der Waals surface area contributed by atoms with Crippen LogP contribution in [0.5, 0.6) is 5.75 Å². The van der Waals surface area contributed by atoms with Crippen LogP contribution in [0.25, 0.3) is 22.5 Å². The Hall–Kier alpha value is -2.76. The highest BCUT2D eigenvalue weighted by atomic mass is 16.5. The van der Waals surface area contributed by atoms with Crippen LogP contribution in [0.15, 0.2) is 60.9 Å². The number of benzene rings is 2. The highest BCUT2D eigenvalue weighted by Gasteiger charge is 2.04. The fraction of sp³-hybridized carbons (Fsp3) is 0.360. The number of hydrogen-bond donors (Lipinski definition) is 0. The monoisotopic (exact) mass is 406 g/mol. The topological polar surface area (TPSA) is 53.5 Å². The van der Waals surface area contributed by atoms with Crippen molar-refractivity contribution in [2.45, 2.75) is 26.7 Å². The summed E-state index contributed by atoms with van der Waals surface area (Å²) in [7, 11) is 0. The molecule has 2 aromatic carbocycles. The summed E-state index contributed by atoms with van der Waals surface area (Å²) in [5.41, 5.74) is 4.61. The Labute approximate surface area is 179 Å². The quantitative estimate of drug-likeness (QED) is 0.381. The van der Waals surface area contributed by atoms with Crippen LogP contribution in [0.4, 0.5) is 0 Å². The molecular weight excluding hydrogens is 376 g/mol. The molecule has 158 valence electrons. The summed E-state index contributed by atoms with van der Waals surface area (Å²) in [6.45, 7) is 7.23. The average molecular weight is 407 g/mol. The standard InChI is InChI=1S/C25H30N2O3/c1-3-4-13-28-14-15-29-16-17-30-24-18-26-25(27-19-24)23-11-9-22(10-12-23)21-7-5-20(2)6-8-21/h5-12,18-19H,3-4,13-17H2,1-2H3. The van der Waals surface area contributed by atoms with Gasteiger partial charge in [0, 0.05) is 12.2 Å². The van der Waals surface area contributed by atoms with E-state index in [1.165, 1.54) is 16.7 Å². The predicted octanol–water partition coefficient (Wildman–Crippen LogP) is 5.33. The summed E-state index contributed by atoms with van der Waals surface area (Å²) in [6, 6.07) is 16.8. The number of ether oxygens (including phenoxy) is 3. The van der Waals surface area contributed by atoms with Gasteiger partial charge in [0.1, 0.15) is 6.61 Å². The molecule has 0 unspecified atom stereocenters. The Morgan fingerprint density at radius 3 is 1.83 bits per heavy atom. The minimum absolute atomic E-state index is 0.461. The van der Waals surface area contributed by atoms with Gasteiger partial charge in [0.2, 0.25) is 0 Å². The van der Waals surface area contributed by atoms with Gasteiger partial charge in [-0.1, -0.05) is 67.4 Å². The predicted molar refractivity (Wildman–Crippen MR) is 120 cm³/mol. The third-order valence-electron chi connectivity index (χ3n) is 4.67. The summed E-state index contributed by atoms with van der Waals surface area (Å²) in [4.78, 5) is 8.85. The van der Waals surface area contributed by atoms with Gasteiger partial charge < -0.3 is 14.2 Å². The fourth-order valence-corrected chi connectivity index (χ4v) is 2.88. The van der Waals surface area contributed by atoms with E-state index in [2.05, 4.69) is 60.2 Å². The van der Waals surface area contributed by atoms with Crippen molar-refractivity contribution in [3.63, 3.8) is 0 Å². The zero-order chi connectivity index (χ0) is 21.0. The van der Waals surface area contributed by atoms with Gasteiger partial charge in [-0.05, 0) is 24.5 Å². The van der Waals surface area contributed by atoms with Crippen molar-refractivity contribution in [1.29, 1.82) is 0 Å². The molecule has 0 saturated heterocycles. The molecule has 0 N–H and O–H groups in total. The zero-order valence-electron chi connectivity index (χ0n) is 17.8. The molecule has 3 aromatic rings. The molecule has 3 rings (SSSR count). The molecule has 0 spiro atoms. The minimum atomic E-state index is 0.461. The molecule has 0 aliphatic heterocycles. The molecule has 0 fully saturated rings. The van der Waals surface area contributed by atoms with Crippen LogP contribution in [0.3, 0.4) is 0 Å². The fourth-order valence-electron chi connectivity index (χ4n) is 2.88. The highest BCUT2D eigenvalue weighted by molar-refractivity contribution is 5.67. The number of aryl methyl sites for hydroxylation is 1. The lowest BCUT2D eigenvalue weighted by molar-refractivity contribution is 0.0355. The second-order valence-corrected chi connectivity index (χ2v) is 7.11. The first-order valence-corrected chi connectivity index (χ1v) is 10.5. The van der Waals surface area contributed by atoms with Crippen molar-refractivity contribution in [3.05, 3.63) is 66.5 Å². The third-order valence-corrected chi connectivity index (χ3v) is 4.67. The van der Waals surface area contributed by atoms with Gasteiger partial charge in [0.15, 0.2) is 11.6 Å². The smallest absolute Gasteiger partial charge is 0.159 e. The molecule has 1 aromatic heterocycles.